The van der Waals surface area contributed by atoms with Crippen LogP contribution in [0.2, 0.25) is 0 Å². The second kappa shape index (κ2) is 53.4. The molecule has 0 saturated carbocycles. The maximum atomic E-state index is 12.9. The topological polar surface area (TPSA) is 155 Å². The van der Waals surface area contributed by atoms with Crippen LogP contribution in [0, 0.1) is 0 Å². The summed E-state index contributed by atoms with van der Waals surface area (Å²) in [6.45, 7) is 4.29. The number of carbonyl (C=O) groups is 3. The molecule has 11 nitrogen and oxygen atoms in total. The van der Waals surface area contributed by atoms with Gasteiger partial charge in [0.25, 0.3) is 0 Å². The van der Waals surface area contributed by atoms with Gasteiger partial charge in [0, 0.05) is 19.3 Å². The lowest BCUT2D eigenvalue weighted by atomic mass is 10.1. The molecular weight excluding hydrogens is 928 g/mol. The zero-order chi connectivity index (χ0) is 52.7. The molecule has 0 aliphatic carbocycles. The van der Waals surface area contributed by atoms with Crippen LogP contribution in [-0.4, -0.2) is 66.5 Å². The van der Waals surface area contributed by atoms with Gasteiger partial charge in [0.2, 0.25) is 0 Å². The first kappa shape index (κ1) is 68.1. The summed E-state index contributed by atoms with van der Waals surface area (Å²) >= 11 is 0. The largest absolute Gasteiger partial charge is 0.472 e. The molecule has 2 N–H and O–H groups in total. The fourth-order valence-electron chi connectivity index (χ4n) is 7.04. The van der Waals surface area contributed by atoms with Crippen LogP contribution < -0.4 is 0 Å². The SMILES string of the molecule is CC/C=C\C/C=C\C/C=C\C/C=C\C/C=C\C/C=C\CCC(=O)OCC(COP(=O)(O)OCC(CO)OC(=O)CCCCCCCCCCCCC)OC(=O)CCCCCCC/C=C\C/C=C\C/C=C\CC. The summed E-state index contributed by atoms with van der Waals surface area (Å²) < 4.78 is 39.3. The van der Waals surface area contributed by atoms with Gasteiger partial charge in [-0.2, -0.15) is 0 Å². The van der Waals surface area contributed by atoms with E-state index in [-0.39, 0.29) is 25.9 Å². The van der Waals surface area contributed by atoms with Crippen molar-refractivity contribution in [3.8, 4) is 0 Å². The monoisotopic (exact) mass is 1030 g/mol. The molecular formula is C60H99O11P. The highest BCUT2D eigenvalue weighted by Gasteiger charge is 2.28. The fraction of sp³-hybridized carbons (Fsp3) is 0.650. The van der Waals surface area contributed by atoms with Crippen LogP contribution in [0.5, 0.6) is 0 Å². The minimum Gasteiger partial charge on any atom is -0.462 e. The number of esters is 3. The molecule has 0 aromatic heterocycles. The molecule has 72 heavy (non-hydrogen) atoms. The third-order valence-electron chi connectivity index (χ3n) is 11.2. The first-order valence-electron chi connectivity index (χ1n) is 27.8. The molecule has 0 bridgehead atoms. The Bertz CT molecular complexity index is 1620. The molecule has 0 radical (unpaired) electrons. The Morgan fingerprint density at radius 3 is 1.17 bits per heavy atom. The van der Waals surface area contributed by atoms with Gasteiger partial charge in [-0.25, -0.2) is 4.57 Å². The van der Waals surface area contributed by atoms with E-state index in [1.54, 1.807) is 0 Å². The third-order valence-corrected chi connectivity index (χ3v) is 12.2. The number of phosphoric ester groups is 1. The molecule has 0 aliphatic rings. The lowest BCUT2D eigenvalue weighted by Crippen LogP contribution is -2.30. The second-order valence-electron chi connectivity index (χ2n) is 18.0. The fourth-order valence-corrected chi connectivity index (χ4v) is 7.83. The average Bonchev–Trinajstić information content (AvgIpc) is 3.37. The van der Waals surface area contributed by atoms with Crippen LogP contribution >= 0.6 is 7.82 Å². The van der Waals surface area contributed by atoms with Crippen molar-refractivity contribution in [3.63, 3.8) is 0 Å². The Morgan fingerprint density at radius 2 is 0.750 bits per heavy atom. The van der Waals surface area contributed by atoms with Gasteiger partial charge < -0.3 is 24.2 Å². The van der Waals surface area contributed by atoms with E-state index in [9.17, 15) is 28.9 Å². The normalized spacial score (nSPS) is 14.2. The van der Waals surface area contributed by atoms with E-state index in [0.717, 1.165) is 109 Å². The Balaban J connectivity index is 4.88. The van der Waals surface area contributed by atoms with Crippen LogP contribution in [0.25, 0.3) is 0 Å². The Labute approximate surface area is 437 Å². The van der Waals surface area contributed by atoms with Crippen molar-refractivity contribution in [3.05, 3.63) is 109 Å². The second-order valence-corrected chi connectivity index (χ2v) is 19.4. The van der Waals surface area contributed by atoms with Crippen molar-refractivity contribution < 1.29 is 52.2 Å². The zero-order valence-electron chi connectivity index (χ0n) is 45.1. The minimum absolute atomic E-state index is 0.0929. The van der Waals surface area contributed by atoms with Crippen molar-refractivity contribution >= 4 is 25.7 Å². The number of aliphatic hydroxyl groups excluding tert-OH is 1. The van der Waals surface area contributed by atoms with Crippen molar-refractivity contribution in [1.82, 2.24) is 0 Å². The molecule has 0 fully saturated rings. The molecule has 0 aromatic carbocycles. The molecule has 3 atom stereocenters. The van der Waals surface area contributed by atoms with E-state index in [0.29, 0.717) is 19.3 Å². The molecule has 0 heterocycles. The number of unbranched alkanes of at least 4 members (excludes halogenated alkanes) is 15. The van der Waals surface area contributed by atoms with Gasteiger partial charge in [-0.1, -0.05) is 214 Å². The number of allylic oxidation sites excluding steroid dienone is 18. The van der Waals surface area contributed by atoms with Gasteiger partial charge in [0.15, 0.2) is 6.10 Å². The number of carbonyl (C=O) groups excluding carboxylic acids is 3. The number of ether oxygens (including phenoxy) is 3. The maximum absolute atomic E-state index is 12.9. The van der Waals surface area contributed by atoms with Gasteiger partial charge >= 0.3 is 25.7 Å². The molecule has 0 amide bonds. The average molecular weight is 1030 g/mol. The van der Waals surface area contributed by atoms with Crippen molar-refractivity contribution in [2.75, 3.05) is 26.4 Å². The number of phosphoric acid groups is 1. The van der Waals surface area contributed by atoms with Crippen LogP contribution in [0.15, 0.2) is 109 Å². The maximum Gasteiger partial charge on any atom is 0.472 e. The highest BCUT2D eigenvalue weighted by Crippen LogP contribution is 2.43. The predicted octanol–water partition coefficient (Wildman–Crippen LogP) is 16.2. The molecule has 0 aromatic rings. The van der Waals surface area contributed by atoms with Crippen molar-refractivity contribution in [2.45, 2.75) is 226 Å². The highest BCUT2D eigenvalue weighted by atomic mass is 31.2. The summed E-state index contributed by atoms with van der Waals surface area (Å²) in [5, 5.41) is 9.78. The van der Waals surface area contributed by atoms with E-state index in [2.05, 4.69) is 118 Å². The lowest BCUT2D eigenvalue weighted by molar-refractivity contribution is -0.161. The summed E-state index contributed by atoms with van der Waals surface area (Å²) in [6, 6.07) is 0. The number of rotatable bonds is 50. The van der Waals surface area contributed by atoms with Crippen molar-refractivity contribution in [1.29, 1.82) is 0 Å². The number of hydrogen-bond acceptors (Lipinski definition) is 10. The van der Waals surface area contributed by atoms with Crippen LogP contribution in [0.4, 0.5) is 0 Å². The molecule has 0 aliphatic heterocycles. The summed E-state index contributed by atoms with van der Waals surface area (Å²) in [7, 11) is -4.77. The van der Waals surface area contributed by atoms with Gasteiger partial charge in [0.1, 0.15) is 12.7 Å². The quantitative estimate of drug-likeness (QED) is 0.0197. The molecule has 0 spiro atoms. The molecule has 0 saturated heterocycles. The Kier molecular flexibility index (Phi) is 50.6. The smallest absolute Gasteiger partial charge is 0.462 e. The van der Waals surface area contributed by atoms with Gasteiger partial charge in [-0.15, -0.1) is 0 Å². The van der Waals surface area contributed by atoms with Gasteiger partial charge in [0.05, 0.1) is 19.8 Å². The number of aliphatic hydroxyl groups is 1. The van der Waals surface area contributed by atoms with E-state index < -0.39 is 57.8 Å². The van der Waals surface area contributed by atoms with E-state index in [4.69, 9.17) is 23.3 Å². The zero-order valence-corrected chi connectivity index (χ0v) is 46.0. The van der Waals surface area contributed by atoms with E-state index in [1.165, 1.54) is 44.9 Å². The van der Waals surface area contributed by atoms with E-state index in [1.807, 2.05) is 12.2 Å². The summed E-state index contributed by atoms with van der Waals surface area (Å²) in [5.41, 5.74) is 0. The van der Waals surface area contributed by atoms with Crippen LogP contribution in [0.1, 0.15) is 213 Å². The highest BCUT2D eigenvalue weighted by molar-refractivity contribution is 7.47. The molecule has 3 unspecified atom stereocenters. The molecule has 12 heteroatoms. The van der Waals surface area contributed by atoms with Gasteiger partial charge in [-0.05, 0) is 89.9 Å². The Hall–Kier alpha value is -3.86. The first-order chi connectivity index (χ1) is 35.2. The minimum atomic E-state index is -4.77. The van der Waals surface area contributed by atoms with Crippen LogP contribution in [-0.2, 0) is 42.2 Å². The Morgan fingerprint density at radius 1 is 0.403 bits per heavy atom. The van der Waals surface area contributed by atoms with Crippen molar-refractivity contribution in [2.24, 2.45) is 0 Å². The summed E-state index contributed by atoms with van der Waals surface area (Å²) in [4.78, 5) is 48.4. The number of hydrogen-bond donors (Lipinski definition) is 2. The lowest BCUT2D eigenvalue weighted by Gasteiger charge is -2.21. The van der Waals surface area contributed by atoms with Crippen LogP contribution in [0.3, 0.4) is 0 Å². The molecule has 0 rings (SSSR count). The first-order valence-corrected chi connectivity index (χ1v) is 29.3. The summed E-state index contributed by atoms with van der Waals surface area (Å²) in [5.74, 6) is -1.59. The standard InChI is InChI=1S/C60H99O11P/c1-4-7-10-13-16-19-22-24-26-27-28-29-31-32-35-37-40-43-46-49-58(62)67-53-57(71-60(64)51-48-45-42-39-36-33-30-25-23-20-17-14-11-8-5-2)55-69-72(65,66)68-54-56(52-61)70-59(63)50-47-44-41-38-34-21-18-15-12-9-6-3/h7-8,10-11,16-17,19-20,24-26,28-30,32,35,40,43,56-57,61H,4-6,9,12-15,18,21-23,27,31,33-34,36-39,41-42,44-55H2,1-3H3,(H,65,66)/b10-7-,11-8-,19-16-,20-17-,26-24-,29-28-,30-25-,35-32-,43-40-. The molecule has 410 valence electrons. The van der Waals surface area contributed by atoms with Gasteiger partial charge in [-0.3, -0.25) is 23.4 Å². The van der Waals surface area contributed by atoms with E-state index >= 15 is 0 Å². The summed E-state index contributed by atoms with van der Waals surface area (Å²) in [6.07, 6.45) is 63.5. The third kappa shape index (κ3) is 51.1. The predicted molar refractivity (Wildman–Crippen MR) is 297 cm³/mol.